The number of hydrogen-bond acceptors (Lipinski definition) is 3. The minimum Gasteiger partial charge on any atom is -0.490 e. The Morgan fingerprint density at radius 2 is 2.05 bits per heavy atom. The standard InChI is InChI=1S/C15H22ClN3O2/c1-12-3-4-13(16)14(11-12)21-10-5-17-15(20)19-8-6-18(2)7-9-19/h3-4,11H,5-10H2,1-2H3,(H,17,20). The van der Waals surface area contributed by atoms with Crippen LogP contribution >= 0.6 is 11.6 Å². The molecule has 0 aliphatic carbocycles. The highest BCUT2D eigenvalue weighted by molar-refractivity contribution is 6.32. The highest BCUT2D eigenvalue weighted by Gasteiger charge is 2.18. The molecule has 21 heavy (non-hydrogen) atoms. The molecule has 1 saturated heterocycles. The predicted octanol–water partition coefficient (Wildman–Crippen LogP) is 1.98. The summed E-state index contributed by atoms with van der Waals surface area (Å²) in [5.41, 5.74) is 1.09. The molecule has 6 heteroatoms. The predicted molar refractivity (Wildman–Crippen MR) is 84.2 cm³/mol. The zero-order valence-electron chi connectivity index (χ0n) is 12.6. The number of benzene rings is 1. The summed E-state index contributed by atoms with van der Waals surface area (Å²) in [5, 5.41) is 3.46. The highest BCUT2D eigenvalue weighted by atomic mass is 35.5. The fraction of sp³-hybridized carbons (Fsp3) is 0.533. The van der Waals surface area contributed by atoms with Crippen molar-refractivity contribution in [1.82, 2.24) is 15.1 Å². The van der Waals surface area contributed by atoms with Crippen LogP contribution in [0.3, 0.4) is 0 Å². The first-order chi connectivity index (χ1) is 10.1. The Kier molecular flexibility index (Phi) is 5.70. The Labute approximate surface area is 130 Å². The lowest BCUT2D eigenvalue weighted by Gasteiger charge is -2.32. The monoisotopic (exact) mass is 311 g/mol. The van der Waals surface area contributed by atoms with Gasteiger partial charge in [-0.25, -0.2) is 4.79 Å². The van der Waals surface area contributed by atoms with Crippen LogP contribution in [0.1, 0.15) is 5.56 Å². The molecule has 0 aromatic heterocycles. The van der Waals surface area contributed by atoms with Crippen LogP contribution in [-0.4, -0.2) is 62.2 Å². The zero-order valence-corrected chi connectivity index (χ0v) is 13.3. The number of carbonyl (C=O) groups is 1. The molecule has 1 aliphatic rings. The summed E-state index contributed by atoms with van der Waals surface area (Å²) in [7, 11) is 2.06. The van der Waals surface area contributed by atoms with Crippen molar-refractivity contribution in [2.75, 3.05) is 46.4 Å². The summed E-state index contributed by atoms with van der Waals surface area (Å²) in [6.45, 7) is 6.24. The summed E-state index contributed by atoms with van der Waals surface area (Å²) in [4.78, 5) is 16.0. The maximum absolute atomic E-state index is 12.0. The minimum absolute atomic E-state index is 0.0259. The van der Waals surface area contributed by atoms with Gasteiger partial charge in [-0.1, -0.05) is 17.7 Å². The van der Waals surface area contributed by atoms with Crippen molar-refractivity contribution >= 4 is 17.6 Å². The smallest absolute Gasteiger partial charge is 0.317 e. The normalized spacial score (nSPS) is 15.9. The van der Waals surface area contributed by atoms with Crippen LogP contribution in [0.4, 0.5) is 4.79 Å². The lowest BCUT2D eigenvalue weighted by atomic mass is 10.2. The van der Waals surface area contributed by atoms with Crippen LogP contribution in [0.25, 0.3) is 0 Å². The number of aryl methyl sites for hydroxylation is 1. The fourth-order valence-electron chi connectivity index (χ4n) is 2.16. The lowest BCUT2D eigenvalue weighted by Crippen LogP contribution is -2.51. The van der Waals surface area contributed by atoms with E-state index in [0.29, 0.717) is 23.9 Å². The van der Waals surface area contributed by atoms with Gasteiger partial charge in [0.15, 0.2) is 0 Å². The summed E-state index contributed by atoms with van der Waals surface area (Å²) >= 11 is 6.05. The van der Waals surface area contributed by atoms with Gasteiger partial charge in [-0.2, -0.15) is 0 Å². The number of likely N-dealkylation sites (N-methyl/N-ethyl adjacent to an activating group) is 1. The van der Waals surface area contributed by atoms with Gasteiger partial charge in [0, 0.05) is 26.2 Å². The molecule has 0 saturated carbocycles. The molecule has 1 aromatic rings. The van der Waals surface area contributed by atoms with Crippen molar-refractivity contribution in [3.8, 4) is 5.75 Å². The quantitative estimate of drug-likeness (QED) is 0.865. The Balaban J connectivity index is 1.69. The Hall–Kier alpha value is -1.46. The van der Waals surface area contributed by atoms with Crippen LogP contribution in [0.5, 0.6) is 5.75 Å². The third-order valence-electron chi connectivity index (χ3n) is 3.51. The molecule has 1 N–H and O–H groups in total. The van der Waals surface area contributed by atoms with Crippen molar-refractivity contribution in [2.24, 2.45) is 0 Å². The number of urea groups is 1. The number of ether oxygens (including phenoxy) is 1. The van der Waals surface area contributed by atoms with Crippen molar-refractivity contribution in [1.29, 1.82) is 0 Å². The van der Waals surface area contributed by atoms with E-state index < -0.39 is 0 Å². The number of hydrogen-bond donors (Lipinski definition) is 1. The minimum atomic E-state index is -0.0259. The van der Waals surface area contributed by atoms with Gasteiger partial charge in [0.2, 0.25) is 0 Å². The molecule has 1 fully saturated rings. The number of nitrogens with one attached hydrogen (secondary N) is 1. The zero-order chi connectivity index (χ0) is 15.2. The molecule has 0 spiro atoms. The van der Waals surface area contributed by atoms with Crippen molar-refractivity contribution < 1.29 is 9.53 Å². The molecule has 2 rings (SSSR count). The first-order valence-electron chi connectivity index (χ1n) is 7.16. The van der Waals surface area contributed by atoms with E-state index in [1.807, 2.05) is 30.0 Å². The maximum atomic E-state index is 12.0. The topological polar surface area (TPSA) is 44.8 Å². The number of halogens is 1. The van der Waals surface area contributed by atoms with Gasteiger partial charge >= 0.3 is 6.03 Å². The molecule has 0 atom stereocenters. The first-order valence-corrected chi connectivity index (χ1v) is 7.54. The number of piperazine rings is 1. The molecular formula is C15H22ClN3O2. The maximum Gasteiger partial charge on any atom is 0.317 e. The van der Waals surface area contributed by atoms with Crippen LogP contribution in [0.15, 0.2) is 18.2 Å². The van der Waals surface area contributed by atoms with E-state index in [1.54, 1.807) is 0 Å². The molecule has 5 nitrogen and oxygen atoms in total. The summed E-state index contributed by atoms with van der Waals surface area (Å²) < 4.78 is 5.60. The van der Waals surface area contributed by atoms with Gasteiger partial charge in [-0.3, -0.25) is 0 Å². The van der Waals surface area contributed by atoms with E-state index in [2.05, 4.69) is 17.3 Å². The van der Waals surface area contributed by atoms with E-state index in [1.165, 1.54) is 0 Å². The largest absolute Gasteiger partial charge is 0.490 e. The Bertz CT molecular complexity index is 488. The molecular weight excluding hydrogens is 290 g/mol. The number of rotatable bonds is 4. The Morgan fingerprint density at radius 3 is 2.76 bits per heavy atom. The lowest BCUT2D eigenvalue weighted by molar-refractivity contribution is 0.153. The van der Waals surface area contributed by atoms with Crippen LogP contribution < -0.4 is 10.1 Å². The van der Waals surface area contributed by atoms with E-state index in [-0.39, 0.29) is 6.03 Å². The van der Waals surface area contributed by atoms with Gasteiger partial charge in [0.05, 0.1) is 11.6 Å². The molecule has 1 aliphatic heterocycles. The second kappa shape index (κ2) is 7.52. The average molecular weight is 312 g/mol. The molecule has 1 aromatic carbocycles. The summed E-state index contributed by atoms with van der Waals surface area (Å²) in [6.07, 6.45) is 0. The van der Waals surface area contributed by atoms with Crippen molar-refractivity contribution in [3.05, 3.63) is 28.8 Å². The van der Waals surface area contributed by atoms with E-state index >= 15 is 0 Å². The van der Waals surface area contributed by atoms with Gasteiger partial charge in [0.25, 0.3) is 0 Å². The first kappa shape index (κ1) is 15.9. The van der Waals surface area contributed by atoms with Gasteiger partial charge in [-0.15, -0.1) is 0 Å². The number of carbonyl (C=O) groups excluding carboxylic acids is 1. The molecule has 0 unspecified atom stereocenters. The second-order valence-corrected chi connectivity index (χ2v) is 5.71. The molecule has 0 radical (unpaired) electrons. The van der Waals surface area contributed by atoms with Gasteiger partial charge in [0.1, 0.15) is 12.4 Å². The number of amides is 2. The number of nitrogens with zero attached hydrogens (tertiary/aromatic N) is 2. The second-order valence-electron chi connectivity index (χ2n) is 5.30. The molecule has 1 heterocycles. The van der Waals surface area contributed by atoms with E-state index in [0.717, 1.165) is 31.7 Å². The van der Waals surface area contributed by atoms with Gasteiger partial charge in [-0.05, 0) is 31.7 Å². The van der Waals surface area contributed by atoms with E-state index in [9.17, 15) is 4.79 Å². The van der Waals surface area contributed by atoms with Gasteiger partial charge < -0.3 is 19.9 Å². The summed E-state index contributed by atoms with van der Waals surface area (Å²) in [6, 6.07) is 5.62. The van der Waals surface area contributed by atoms with Crippen LogP contribution in [-0.2, 0) is 0 Å². The SMILES string of the molecule is Cc1ccc(Cl)c(OCCNC(=O)N2CCN(C)CC2)c1. The van der Waals surface area contributed by atoms with Crippen molar-refractivity contribution in [2.45, 2.75) is 6.92 Å². The van der Waals surface area contributed by atoms with Crippen LogP contribution in [0, 0.1) is 6.92 Å². The Morgan fingerprint density at radius 1 is 1.33 bits per heavy atom. The highest BCUT2D eigenvalue weighted by Crippen LogP contribution is 2.24. The third kappa shape index (κ3) is 4.79. The fourth-order valence-corrected chi connectivity index (χ4v) is 2.33. The summed E-state index contributed by atoms with van der Waals surface area (Å²) in [5.74, 6) is 0.658. The van der Waals surface area contributed by atoms with Crippen LogP contribution in [0.2, 0.25) is 5.02 Å². The van der Waals surface area contributed by atoms with Crippen molar-refractivity contribution in [3.63, 3.8) is 0 Å². The average Bonchev–Trinajstić information content (AvgIpc) is 2.47. The molecule has 116 valence electrons. The molecule has 0 bridgehead atoms. The van der Waals surface area contributed by atoms with E-state index in [4.69, 9.17) is 16.3 Å². The molecule has 2 amide bonds. The third-order valence-corrected chi connectivity index (χ3v) is 3.83.